The topological polar surface area (TPSA) is 109 Å². The summed E-state index contributed by atoms with van der Waals surface area (Å²) in [5.74, 6) is -1.32. The Morgan fingerprint density at radius 2 is 2.29 bits per heavy atom. The van der Waals surface area contributed by atoms with Gasteiger partial charge in [-0.1, -0.05) is 4.49 Å². The van der Waals surface area contributed by atoms with E-state index >= 15 is 0 Å². The standard InChI is InChI=1S/C9H12N4O3S/c1-5-6(17-12-11-5)7(14)13-3-2-9(10,4-13)8(15)16/h2-4,10H2,1H3,(H,15,16). The third-order valence-corrected chi connectivity index (χ3v) is 3.68. The van der Waals surface area contributed by atoms with Crippen molar-refractivity contribution in [1.29, 1.82) is 0 Å². The molecule has 0 spiro atoms. The van der Waals surface area contributed by atoms with Gasteiger partial charge in [-0.2, -0.15) is 0 Å². The van der Waals surface area contributed by atoms with E-state index in [1.165, 1.54) is 4.90 Å². The van der Waals surface area contributed by atoms with Gasteiger partial charge < -0.3 is 15.7 Å². The number of nitrogens with two attached hydrogens (primary N) is 1. The summed E-state index contributed by atoms with van der Waals surface area (Å²) in [5.41, 5.74) is 4.93. The molecule has 1 unspecified atom stereocenters. The molecule has 0 aliphatic carbocycles. The summed E-state index contributed by atoms with van der Waals surface area (Å²) < 4.78 is 3.68. The molecule has 0 bridgehead atoms. The molecule has 0 saturated carbocycles. The van der Waals surface area contributed by atoms with Crippen LogP contribution in [0, 0.1) is 6.92 Å². The Kier molecular flexibility index (Phi) is 2.84. The second-order valence-electron chi connectivity index (χ2n) is 4.13. The van der Waals surface area contributed by atoms with Gasteiger partial charge in [-0.05, 0) is 24.9 Å². The number of aliphatic carboxylic acids is 1. The molecule has 1 aliphatic rings. The fourth-order valence-electron chi connectivity index (χ4n) is 1.75. The zero-order valence-corrected chi connectivity index (χ0v) is 10.0. The fourth-order valence-corrected chi connectivity index (χ4v) is 2.38. The van der Waals surface area contributed by atoms with Gasteiger partial charge in [0.25, 0.3) is 5.91 Å². The molecule has 1 saturated heterocycles. The zero-order valence-electron chi connectivity index (χ0n) is 9.21. The predicted octanol–water partition coefficient (Wildman–Crippen LogP) is -0.525. The quantitative estimate of drug-likeness (QED) is 0.736. The third-order valence-electron chi connectivity index (χ3n) is 2.86. The number of aryl methyl sites for hydroxylation is 1. The molecule has 1 aromatic rings. The number of amides is 1. The number of carbonyl (C=O) groups is 2. The molecule has 2 rings (SSSR count). The molecule has 1 aliphatic heterocycles. The second kappa shape index (κ2) is 4.04. The van der Waals surface area contributed by atoms with Gasteiger partial charge >= 0.3 is 5.97 Å². The van der Waals surface area contributed by atoms with Crippen LogP contribution in [0.2, 0.25) is 0 Å². The Morgan fingerprint density at radius 3 is 2.76 bits per heavy atom. The van der Waals surface area contributed by atoms with Crippen LogP contribution < -0.4 is 5.73 Å². The van der Waals surface area contributed by atoms with E-state index in [-0.39, 0.29) is 18.9 Å². The van der Waals surface area contributed by atoms with E-state index in [9.17, 15) is 9.59 Å². The van der Waals surface area contributed by atoms with Gasteiger partial charge in [0.2, 0.25) is 0 Å². The molecule has 17 heavy (non-hydrogen) atoms. The number of nitrogens with zero attached hydrogens (tertiary/aromatic N) is 3. The van der Waals surface area contributed by atoms with Crippen LogP contribution in [-0.2, 0) is 4.79 Å². The zero-order chi connectivity index (χ0) is 12.6. The van der Waals surface area contributed by atoms with Crippen molar-refractivity contribution in [3.8, 4) is 0 Å². The van der Waals surface area contributed by atoms with Gasteiger partial charge in [0.15, 0.2) is 0 Å². The molecule has 0 radical (unpaired) electrons. The molecule has 1 fully saturated rings. The highest BCUT2D eigenvalue weighted by Crippen LogP contribution is 2.22. The number of hydrogen-bond acceptors (Lipinski definition) is 6. The number of aromatic nitrogens is 2. The maximum absolute atomic E-state index is 12.0. The largest absolute Gasteiger partial charge is 0.480 e. The van der Waals surface area contributed by atoms with Crippen molar-refractivity contribution in [1.82, 2.24) is 14.5 Å². The van der Waals surface area contributed by atoms with Gasteiger partial charge in [-0.25, -0.2) is 0 Å². The van der Waals surface area contributed by atoms with Crippen molar-refractivity contribution in [2.45, 2.75) is 18.9 Å². The maximum Gasteiger partial charge on any atom is 0.325 e. The third kappa shape index (κ3) is 2.01. The van der Waals surface area contributed by atoms with Crippen molar-refractivity contribution in [3.05, 3.63) is 10.6 Å². The van der Waals surface area contributed by atoms with Crippen LogP contribution in [0.4, 0.5) is 0 Å². The van der Waals surface area contributed by atoms with E-state index in [2.05, 4.69) is 9.59 Å². The van der Waals surface area contributed by atoms with E-state index in [0.717, 1.165) is 11.5 Å². The van der Waals surface area contributed by atoms with Gasteiger partial charge in [0.1, 0.15) is 10.4 Å². The Hall–Kier alpha value is -1.54. The normalized spacial score (nSPS) is 24.0. The van der Waals surface area contributed by atoms with Gasteiger partial charge in [-0.15, -0.1) is 5.10 Å². The first kappa shape index (κ1) is 11.9. The second-order valence-corrected chi connectivity index (χ2v) is 4.88. The highest BCUT2D eigenvalue weighted by molar-refractivity contribution is 7.07. The van der Waals surface area contributed by atoms with Crippen LogP contribution in [0.25, 0.3) is 0 Å². The summed E-state index contributed by atoms with van der Waals surface area (Å²) in [6.07, 6.45) is 0.263. The molecule has 7 nitrogen and oxygen atoms in total. The lowest BCUT2D eigenvalue weighted by Crippen LogP contribution is -2.50. The van der Waals surface area contributed by atoms with Crippen LogP contribution in [0.5, 0.6) is 0 Å². The molecule has 1 aromatic heterocycles. The number of carboxylic acid groups (broad SMARTS) is 1. The van der Waals surface area contributed by atoms with E-state index in [1.54, 1.807) is 6.92 Å². The number of likely N-dealkylation sites (tertiary alicyclic amines) is 1. The summed E-state index contributed by atoms with van der Waals surface area (Å²) in [6, 6.07) is 0. The molecule has 92 valence electrons. The highest BCUT2D eigenvalue weighted by atomic mass is 32.1. The van der Waals surface area contributed by atoms with Crippen molar-refractivity contribution in [2.24, 2.45) is 5.73 Å². The van der Waals surface area contributed by atoms with Crippen molar-refractivity contribution >= 4 is 23.4 Å². The molecule has 3 N–H and O–H groups in total. The highest BCUT2D eigenvalue weighted by Gasteiger charge is 2.43. The number of carboxylic acids is 1. The minimum absolute atomic E-state index is 0.0263. The number of rotatable bonds is 2. The van der Waals surface area contributed by atoms with E-state index in [1.807, 2.05) is 0 Å². The average molecular weight is 256 g/mol. The Morgan fingerprint density at radius 1 is 1.59 bits per heavy atom. The van der Waals surface area contributed by atoms with Crippen LogP contribution in [0.1, 0.15) is 21.8 Å². The first-order valence-corrected chi connectivity index (χ1v) is 5.82. The van der Waals surface area contributed by atoms with E-state index < -0.39 is 11.5 Å². The monoisotopic (exact) mass is 256 g/mol. The number of hydrogen-bond donors (Lipinski definition) is 2. The van der Waals surface area contributed by atoms with Crippen molar-refractivity contribution in [3.63, 3.8) is 0 Å². The maximum atomic E-state index is 12.0. The predicted molar refractivity (Wildman–Crippen MR) is 59.7 cm³/mol. The molecule has 8 heteroatoms. The fraction of sp³-hybridized carbons (Fsp3) is 0.556. The molecule has 2 heterocycles. The van der Waals surface area contributed by atoms with Crippen LogP contribution in [0.15, 0.2) is 0 Å². The minimum Gasteiger partial charge on any atom is -0.480 e. The van der Waals surface area contributed by atoms with Crippen LogP contribution in [-0.4, -0.2) is 50.1 Å². The summed E-state index contributed by atoms with van der Waals surface area (Å²) in [5, 5.41) is 12.7. The van der Waals surface area contributed by atoms with Crippen LogP contribution >= 0.6 is 11.5 Å². The Balaban J connectivity index is 2.15. The molecular formula is C9H12N4O3S. The first-order valence-electron chi connectivity index (χ1n) is 5.04. The molecule has 0 aromatic carbocycles. The van der Waals surface area contributed by atoms with E-state index in [0.29, 0.717) is 17.1 Å². The summed E-state index contributed by atoms with van der Waals surface area (Å²) in [6.45, 7) is 2.07. The Labute approximate surface area is 101 Å². The average Bonchev–Trinajstić information content (AvgIpc) is 2.85. The summed E-state index contributed by atoms with van der Waals surface area (Å²) >= 11 is 1.01. The molecule has 1 atom stereocenters. The van der Waals surface area contributed by atoms with Gasteiger partial charge in [0.05, 0.1) is 5.69 Å². The summed E-state index contributed by atoms with van der Waals surface area (Å²) in [4.78, 5) is 24.9. The lowest BCUT2D eigenvalue weighted by atomic mass is 10.0. The minimum atomic E-state index is -1.33. The Bertz CT molecular complexity index is 475. The smallest absolute Gasteiger partial charge is 0.325 e. The lowest BCUT2D eigenvalue weighted by molar-refractivity contribution is -0.142. The molecule has 1 amide bonds. The van der Waals surface area contributed by atoms with Crippen molar-refractivity contribution < 1.29 is 14.7 Å². The SMILES string of the molecule is Cc1nnsc1C(=O)N1CCC(N)(C(=O)O)C1. The lowest BCUT2D eigenvalue weighted by Gasteiger charge is -2.19. The molecular weight excluding hydrogens is 244 g/mol. The van der Waals surface area contributed by atoms with Crippen LogP contribution in [0.3, 0.4) is 0 Å². The van der Waals surface area contributed by atoms with Crippen molar-refractivity contribution in [2.75, 3.05) is 13.1 Å². The number of carbonyl (C=O) groups excluding carboxylic acids is 1. The first-order chi connectivity index (χ1) is 7.94. The van der Waals surface area contributed by atoms with Gasteiger partial charge in [-0.3, -0.25) is 9.59 Å². The summed E-state index contributed by atoms with van der Waals surface area (Å²) in [7, 11) is 0. The van der Waals surface area contributed by atoms with E-state index in [4.69, 9.17) is 10.8 Å². The van der Waals surface area contributed by atoms with Gasteiger partial charge in [0, 0.05) is 13.1 Å².